The van der Waals surface area contributed by atoms with Crippen LogP contribution in [0.3, 0.4) is 0 Å². The highest BCUT2D eigenvalue weighted by atomic mass is 32.2. The number of hydrogen-bond donors (Lipinski definition) is 2. The van der Waals surface area contributed by atoms with Gasteiger partial charge < -0.3 is 10.1 Å². The zero-order valence-corrected chi connectivity index (χ0v) is 12.5. The van der Waals surface area contributed by atoms with Gasteiger partial charge in [-0.3, -0.25) is 0 Å². The minimum absolute atomic E-state index is 0.351. The molecule has 0 aromatic heterocycles. The first kappa shape index (κ1) is 16.1. The first-order valence-electron chi connectivity index (χ1n) is 6.24. The van der Waals surface area contributed by atoms with Crippen molar-refractivity contribution in [3.63, 3.8) is 0 Å². The number of aryl methyl sites for hydroxylation is 2. The van der Waals surface area contributed by atoms with Crippen LogP contribution in [0.25, 0.3) is 0 Å². The number of methoxy groups -OCH3 is 1. The molecule has 0 spiro atoms. The molecule has 6 heteroatoms. The molecule has 0 aliphatic rings. The van der Waals surface area contributed by atoms with E-state index < -0.39 is 10.0 Å². The number of sulfonamides is 1. The van der Waals surface area contributed by atoms with Gasteiger partial charge in [0.2, 0.25) is 10.0 Å². The maximum absolute atomic E-state index is 12.1. The van der Waals surface area contributed by atoms with Gasteiger partial charge in [-0.25, -0.2) is 13.1 Å². The van der Waals surface area contributed by atoms with Crippen LogP contribution in [-0.2, 0) is 14.8 Å². The van der Waals surface area contributed by atoms with Crippen LogP contribution in [-0.4, -0.2) is 41.8 Å². The molecule has 0 radical (unpaired) electrons. The predicted octanol–water partition coefficient (Wildman–Crippen LogP) is 0.818. The molecule has 1 aromatic rings. The standard InChI is InChI=1S/C13H22N2O3S/c1-11-4-5-12(2)13(10-11)19(16,17)15-7-6-14-8-9-18-3/h4-5,10,14-15H,6-9H2,1-3H3. The van der Waals surface area contributed by atoms with Crippen molar-refractivity contribution in [1.82, 2.24) is 10.0 Å². The molecule has 0 bridgehead atoms. The lowest BCUT2D eigenvalue weighted by atomic mass is 10.2. The third-order valence-corrected chi connectivity index (χ3v) is 4.31. The second kappa shape index (κ2) is 7.59. The van der Waals surface area contributed by atoms with E-state index in [4.69, 9.17) is 4.74 Å². The van der Waals surface area contributed by atoms with E-state index in [1.54, 1.807) is 20.1 Å². The van der Waals surface area contributed by atoms with Gasteiger partial charge >= 0.3 is 0 Å². The summed E-state index contributed by atoms with van der Waals surface area (Å²) in [7, 11) is -1.80. The summed E-state index contributed by atoms with van der Waals surface area (Å²) in [4.78, 5) is 0.351. The van der Waals surface area contributed by atoms with Crippen molar-refractivity contribution in [1.29, 1.82) is 0 Å². The highest BCUT2D eigenvalue weighted by Gasteiger charge is 2.15. The smallest absolute Gasteiger partial charge is 0.240 e. The molecule has 19 heavy (non-hydrogen) atoms. The lowest BCUT2D eigenvalue weighted by Gasteiger charge is -2.10. The van der Waals surface area contributed by atoms with E-state index in [1.165, 1.54) is 0 Å². The van der Waals surface area contributed by atoms with Gasteiger partial charge in [0.15, 0.2) is 0 Å². The van der Waals surface area contributed by atoms with E-state index in [1.807, 2.05) is 19.1 Å². The Hall–Kier alpha value is -0.950. The molecule has 0 atom stereocenters. The minimum atomic E-state index is -3.43. The van der Waals surface area contributed by atoms with Crippen LogP contribution < -0.4 is 10.0 Å². The maximum atomic E-state index is 12.1. The molecule has 5 nitrogen and oxygen atoms in total. The van der Waals surface area contributed by atoms with Crippen molar-refractivity contribution in [3.8, 4) is 0 Å². The van der Waals surface area contributed by atoms with Gasteiger partial charge in [0.1, 0.15) is 0 Å². The molecule has 1 rings (SSSR count). The Morgan fingerprint density at radius 1 is 1.16 bits per heavy atom. The number of hydrogen-bond acceptors (Lipinski definition) is 4. The topological polar surface area (TPSA) is 67.4 Å². The number of ether oxygens (including phenoxy) is 1. The van der Waals surface area contributed by atoms with Crippen molar-refractivity contribution < 1.29 is 13.2 Å². The molecule has 1 aromatic carbocycles. The Balaban J connectivity index is 2.54. The Morgan fingerprint density at radius 2 is 1.89 bits per heavy atom. The fourth-order valence-electron chi connectivity index (χ4n) is 1.65. The quantitative estimate of drug-likeness (QED) is 0.694. The van der Waals surface area contributed by atoms with Gasteiger partial charge in [0.25, 0.3) is 0 Å². The predicted molar refractivity (Wildman–Crippen MR) is 75.9 cm³/mol. The average molecular weight is 286 g/mol. The van der Waals surface area contributed by atoms with E-state index in [-0.39, 0.29) is 0 Å². The Kier molecular flexibility index (Phi) is 6.44. The summed E-state index contributed by atoms with van der Waals surface area (Å²) in [5.74, 6) is 0. The Labute approximate surface area is 115 Å². The summed E-state index contributed by atoms with van der Waals surface area (Å²) in [6.07, 6.45) is 0. The molecule has 0 saturated heterocycles. The van der Waals surface area contributed by atoms with Crippen LogP contribution in [0.4, 0.5) is 0 Å². The fourth-order valence-corrected chi connectivity index (χ4v) is 3.01. The summed E-state index contributed by atoms with van der Waals surface area (Å²) in [6, 6.07) is 5.41. The lowest BCUT2D eigenvalue weighted by molar-refractivity contribution is 0.199. The van der Waals surface area contributed by atoms with Gasteiger partial charge in [-0.2, -0.15) is 0 Å². The fraction of sp³-hybridized carbons (Fsp3) is 0.538. The molecule has 0 aliphatic heterocycles. The average Bonchev–Trinajstić information content (AvgIpc) is 2.36. The van der Waals surface area contributed by atoms with E-state index >= 15 is 0 Å². The Morgan fingerprint density at radius 3 is 2.58 bits per heavy atom. The van der Waals surface area contributed by atoms with Crippen LogP contribution in [0, 0.1) is 13.8 Å². The molecule has 108 valence electrons. The van der Waals surface area contributed by atoms with Crippen LogP contribution in [0.2, 0.25) is 0 Å². The molecule has 0 amide bonds. The number of rotatable bonds is 8. The zero-order chi connectivity index (χ0) is 14.3. The third-order valence-electron chi connectivity index (χ3n) is 2.71. The van der Waals surface area contributed by atoms with Crippen molar-refractivity contribution in [2.45, 2.75) is 18.7 Å². The number of benzene rings is 1. The Bertz CT molecular complexity index is 501. The van der Waals surface area contributed by atoms with Crippen molar-refractivity contribution in [3.05, 3.63) is 29.3 Å². The van der Waals surface area contributed by atoms with Gasteiger partial charge in [-0.05, 0) is 31.0 Å². The minimum Gasteiger partial charge on any atom is -0.383 e. The van der Waals surface area contributed by atoms with Gasteiger partial charge in [0.05, 0.1) is 11.5 Å². The molecule has 0 saturated carbocycles. The van der Waals surface area contributed by atoms with E-state index in [0.29, 0.717) is 31.1 Å². The highest BCUT2D eigenvalue weighted by molar-refractivity contribution is 7.89. The highest BCUT2D eigenvalue weighted by Crippen LogP contribution is 2.16. The second-order valence-corrected chi connectivity index (χ2v) is 6.14. The summed E-state index contributed by atoms with van der Waals surface area (Å²) in [6.45, 7) is 5.94. The molecule has 2 N–H and O–H groups in total. The van der Waals surface area contributed by atoms with Crippen LogP contribution in [0.15, 0.2) is 23.1 Å². The summed E-state index contributed by atoms with van der Waals surface area (Å²) < 4.78 is 31.7. The molecule has 0 unspecified atom stereocenters. The van der Waals surface area contributed by atoms with Crippen molar-refractivity contribution >= 4 is 10.0 Å². The largest absolute Gasteiger partial charge is 0.383 e. The maximum Gasteiger partial charge on any atom is 0.240 e. The summed E-state index contributed by atoms with van der Waals surface area (Å²) >= 11 is 0. The van der Waals surface area contributed by atoms with Crippen LogP contribution in [0.5, 0.6) is 0 Å². The van der Waals surface area contributed by atoms with Crippen LogP contribution in [0.1, 0.15) is 11.1 Å². The first-order chi connectivity index (χ1) is 8.97. The lowest BCUT2D eigenvalue weighted by Crippen LogP contribution is -2.33. The third kappa shape index (κ3) is 5.28. The van der Waals surface area contributed by atoms with Crippen LogP contribution >= 0.6 is 0 Å². The van der Waals surface area contributed by atoms with Gasteiger partial charge in [-0.15, -0.1) is 0 Å². The second-order valence-electron chi connectivity index (χ2n) is 4.41. The van der Waals surface area contributed by atoms with Gasteiger partial charge in [0, 0.05) is 26.7 Å². The van der Waals surface area contributed by atoms with E-state index in [0.717, 1.165) is 11.1 Å². The van der Waals surface area contributed by atoms with E-state index in [2.05, 4.69) is 10.0 Å². The summed E-state index contributed by atoms with van der Waals surface area (Å²) in [5, 5.41) is 3.08. The van der Waals surface area contributed by atoms with E-state index in [9.17, 15) is 8.42 Å². The molecule has 0 aliphatic carbocycles. The molecule has 0 fully saturated rings. The van der Waals surface area contributed by atoms with Crippen molar-refractivity contribution in [2.75, 3.05) is 33.4 Å². The first-order valence-corrected chi connectivity index (χ1v) is 7.72. The van der Waals surface area contributed by atoms with Gasteiger partial charge in [-0.1, -0.05) is 12.1 Å². The molecular weight excluding hydrogens is 264 g/mol. The summed E-state index contributed by atoms with van der Waals surface area (Å²) in [5.41, 5.74) is 1.69. The SMILES string of the molecule is COCCNCCNS(=O)(=O)c1cc(C)ccc1C. The number of nitrogens with one attached hydrogen (secondary N) is 2. The normalized spacial score (nSPS) is 11.7. The van der Waals surface area contributed by atoms with Crippen molar-refractivity contribution in [2.24, 2.45) is 0 Å². The monoisotopic (exact) mass is 286 g/mol. The molecular formula is C13H22N2O3S. The zero-order valence-electron chi connectivity index (χ0n) is 11.7. The molecule has 0 heterocycles.